The highest BCUT2D eigenvalue weighted by atomic mass is 28.3. The largest absolute Gasteiger partial charge is 0.310 e. The number of nitrogens with zero attached hydrogens (tertiary/aromatic N) is 1. The van der Waals surface area contributed by atoms with Crippen molar-refractivity contribution < 1.29 is 4.79 Å². The maximum absolute atomic E-state index is 11.4. The number of rotatable bonds is 3. The molecule has 1 heterocycles. The Morgan fingerprint density at radius 3 is 2.22 bits per heavy atom. The molecule has 1 aliphatic heterocycles. The molecule has 5 rings (SSSR count). The Hall–Kier alpha value is -3.17. The minimum Gasteiger partial charge on any atom is -0.310 e. The van der Waals surface area contributed by atoms with Crippen molar-refractivity contribution in [1.29, 1.82) is 0 Å². The molecule has 2 nitrogen and oxygen atoms in total. The fraction of sp³-hybridized carbons (Fsp3) is 0.207. The Morgan fingerprint density at radius 2 is 1.53 bits per heavy atom. The van der Waals surface area contributed by atoms with Crippen molar-refractivity contribution >= 4 is 47.4 Å². The molecule has 1 aliphatic rings. The van der Waals surface area contributed by atoms with E-state index in [0.717, 1.165) is 11.7 Å². The second-order valence-electron chi connectivity index (χ2n) is 10.3. The molecule has 0 radical (unpaired) electrons. The molecule has 32 heavy (non-hydrogen) atoms. The van der Waals surface area contributed by atoms with Crippen LogP contribution in [-0.2, 0) is 5.41 Å². The normalized spacial score (nSPS) is 14.7. The third kappa shape index (κ3) is 3.11. The summed E-state index contributed by atoms with van der Waals surface area (Å²) in [7, 11) is -1.36. The number of hydrogen-bond acceptors (Lipinski definition) is 2. The standard InChI is InChI=1S/C29H29NOSi/c1-29(2)25-8-6-7-9-26(25)30(22-12-14-23(15-13-22)32(3,4)5)27-17-11-21-18-20(19-31)10-16-24(21)28(27)29/h6-19H,1-5H3. The molecule has 0 amide bonds. The first-order valence-electron chi connectivity index (χ1n) is 11.2. The van der Waals surface area contributed by atoms with Crippen LogP contribution in [0.1, 0.15) is 35.3 Å². The fourth-order valence-corrected chi connectivity index (χ4v) is 6.27. The van der Waals surface area contributed by atoms with E-state index in [1.54, 1.807) is 0 Å². The Kier molecular flexibility index (Phi) is 4.65. The molecule has 0 saturated heterocycles. The monoisotopic (exact) mass is 435 g/mol. The van der Waals surface area contributed by atoms with E-state index in [1.165, 1.54) is 38.8 Å². The van der Waals surface area contributed by atoms with E-state index >= 15 is 0 Å². The molecule has 4 aromatic rings. The quantitative estimate of drug-likeness (QED) is 0.248. The number of aldehydes is 1. The molecular weight excluding hydrogens is 406 g/mol. The van der Waals surface area contributed by atoms with Crippen LogP contribution in [-0.4, -0.2) is 14.4 Å². The topological polar surface area (TPSA) is 20.3 Å². The van der Waals surface area contributed by atoms with Gasteiger partial charge in [-0.3, -0.25) is 4.79 Å². The molecule has 0 N–H and O–H groups in total. The minimum atomic E-state index is -1.36. The lowest BCUT2D eigenvalue weighted by Crippen LogP contribution is -2.37. The highest BCUT2D eigenvalue weighted by Gasteiger charge is 2.38. The number of fused-ring (bicyclic) bond motifs is 4. The van der Waals surface area contributed by atoms with Gasteiger partial charge in [-0.15, -0.1) is 0 Å². The smallest absolute Gasteiger partial charge is 0.150 e. The van der Waals surface area contributed by atoms with E-state index in [0.29, 0.717) is 5.56 Å². The van der Waals surface area contributed by atoms with Gasteiger partial charge in [0.2, 0.25) is 0 Å². The molecule has 0 aliphatic carbocycles. The van der Waals surface area contributed by atoms with Crippen LogP contribution in [0.5, 0.6) is 0 Å². The summed E-state index contributed by atoms with van der Waals surface area (Å²) in [6, 6.07) is 28.3. The first-order valence-corrected chi connectivity index (χ1v) is 14.7. The van der Waals surface area contributed by atoms with Gasteiger partial charge in [0.1, 0.15) is 6.29 Å². The number of hydrogen-bond donors (Lipinski definition) is 0. The maximum Gasteiger partial charge on any atom is 0.150 e. The van der Waals surface area contributed by atoms with Crippen molar-refractivity contribution in [2.45, 2.75) is 38.9 Å². The van der Waals surface area contributed by atoms with E-state index in [9.17, 15) is 4.79 Å². The van der Waals surface area contributed by atoms with Crippen molar-refractivity contribution in [2.24, 2.45) is 0 Å². The van der Waals surface area contributed by atoms with Crippen LogP contribution >= 0.6 is 0 Å². The third-order valence-electron chi connectivity index (χ3n) is 6.83. The van der Waals surface area contributed by atoms with Crippen LogP contribution in [0.3, 0.4) is 0 Å². The van der Waals surface area contributed by atoms with Crippen LogP contribution in [0.25, 0.3) is 10.8 Å². The summed E-state index contributed by atoms with van der Waals surface area (Å²) in [5.41, 5.74) is 6.79. The zero-order chi connectivity index (χ0) is 22.7. The molecule has 0 unspecified atom stereocenters. The number of anilines is 3. The second-order valence-corrected chi connectivity index (χ2v) is 15.4. The summed E-state index contributed by atoms with van der Waals surface area (Å²) in [5, 5.41) is 3.78. The zero-order valence-corrected chi connectivity index (χ0v) is 20.4. The first-order chi connectivity index (χ1) is 15.2. The summed E-state index contributed by atoms with van der Waals surface area (Å²) in [5.74, 6) is 0. The van der Waals surface area contributed by atoms with Crippen LogP contribution in [0, 0.1) is 0 Å². The van der Waals surface area contributed by atoms with Crippen molar-refractivity contribution in [3.8, 4) is 0 Å². The number of para-hydroxylation sites is 1. The van der Waals surface area contributed by atoms with Gasteiger partial charge in [-0.25, -0.2) is 0 Å². The van der Waals surface area contributed by atoms with Gasteiger partial charge >= 0.3 is 0 Å². The highest BCUT2D eigenvalue weighted by molar-refractivity contribution is 6.88. The second kappa shape index (κ2) is 7.18. The summed E-state index contributed by atoms with van der Waals surface area (Å²) in [4.78, 5) is 13.8. The van der Waals surface area contributed by atoms with E-state index in [2.05, 4.69) is 105 Å². The van der Waals surface area contributed by atoms with Crippen LogP contribution in [0.15, 0.2) is 78.9 Å². The number of benzene rings is 4. The predicted molar refractivity (Wildman–Crippen MR) is 139 cm³/mol. The van der Waals surface area contributed by atoms with E-state index in [-0.39, 0.29) is 5.41 Å². The van der Waals surface area contributed by atoms with Gasteiger partial charge in [-0.2, -0.15) is 0 Å². The van der Waals surface area contributed by atoms with E-state index in [4.69, 9.17) is 0 Å². The fourth-order valence-electron chi connectivity index (χ4n) is 5.10. The minimum absolute atomic E-state index is 0.164. The van der Waals surface area contributed by atoms with Gasteiger partial charge in [0.15, 0.2) is 0 Å². The maximum atomic E-state index is 11.4. The van der Waals surface area contributed by atoms with Crippen molar-refractivity contribution in [1.82, 2.24) is 0 Å². The molecule has 0 atom stereocenters. The highest BCUT2D eigenvalue weighted by Crippen LogP contribution is 2.53. The molecule has 0 spiro atoms. The summed E-state index contributed by atoms with van der Waals surface area (Å²) >= 11 is 0. The number of carbonyl (C=O) groups is 1. The van der Waals surface area contributed by atoms with Gasteiger partial charge in [0.05, 0.1) is 19.4 Å². The van der Waals surface area contributed by atoms with Gasteiger partial charge in [0.25, 0.3) is 0 Å². The van der Waals surface area contributed by atoms with Crippen molar-refractivity contribution in [3.05, 3.63) is 95.6 Å². The van der Waals surface area contributed by atoms with E-state index in [1.807, 2.05) is 12.1 Å². The van der Waals surface area contributed by atoms with Crippen LogP contribution in [0.2, 0.25) is 19.6 Å². The summed E-state index contributed by atoms with van der Waals surface area (Å²) in [6.07, 6.45) is 0.922. The molecule has 0 fully saturated rings. The Bertz CT molecular complexity index is 1350. The average Bonchev–Trinajstić information content (AvgIpc) is 2.78. The summed E-state index contributed by atoms with van der Waals surface area (Å²) < 4.78 is 0. The van der Waals surface area contributed by atoms with Crippen molar-refractivity contribution in [2.75, 3.05) is 4.90 Å². The van der Waals surface area contributed by atoms with Gasteiger partial charge in [-0.1, -0.05) is 87.2 Å². The van der Waals surface area contributed by atoms with Crippen LogP contribution in [0.4, 0.5) is 17.1 Å². The Balaban J connectivity index is 1.80. The zero-order valence-electron chi connectivity index (χ0n) is 19.4. The SMILES string of the molecule is CC1(C)c2ccccc2N(c2ccc([Si](C)(C)C)cc2)c2ccc3cc(C=O)ccc3c21. The van der Waals surface area contributed by atoms with E-state index < -0.39 is 8.07 Å². The lowest BCUT2D eigenvalue weighted by Gasteiger charge is -2.42. The van der Waals surface area contributed by atoms with Gasteiger partial charge in [-0.05, 0) is 52.2 Å². The van der Waals surface area contributed by atoms with Gasteiger partial charge < -0.3 is 4.90 Å². The third-order valence-corrected chi connectivity index (χ3v) is 8.90. The van der Waals surface area contributed by atoms with Gasteiger partial charge in [0, 0.05) is 16.7 Å². The molecule has 0 saturated carbocycles. The first kappa shape index (κ1) is 20.7. The van der Waals surface area contributed by atoms with Crippen molar-refractivity contribution in [3.63, 3.8) is 0 Å². The molecule has 3 heteroatoms. The lowest BCUT2D eigenvalue weighted by molar-refractivity contribution is 0.112. The summed E-state index contributed by atoms with van der Waals surface area (Å²) in [6.45, 7) is 11.8. The van der Waals surface area contributed by atoms with Crippen LogP contribution < -0.4 is 10.1 Å². The Morgan fingerprint density at radius 1 is 0.812 bits per heavy atom. The Labute approximate surface area is 191 Å². The molecule has 160 valence electrons. The number of carbonyl (C=O) groups excluding carboxylic acids is 1. The molecular formula is C29H29NOSi. The lowest BCUT2D eigenvalue weighted by atomic mass is 9.71. The molecule has 0 bridgehead atoms. The predicted octanol–water partition coefficient (Wildman–Crippen LogP) is 7.31. The average molecular weight is 436 g/mol. The molecule has 4 aromatic carbocycles. The molecule has 0 aromatic heterocycles.